The van der Waals surface area contributed by atoms with E-state index in [0.717, 1.165) is 37.4 Å². The largest absolute Gasteiger partial charge is 0.462 e. The van der Waals surface area contributed by atoms with Gasteiger partial charge in [-0.15, -0.1) is 0 Å². The fourth-order valence-electron chi connectivity index (χ4n) is 2.28. The van der Waals surface area contributed by atoms with Crippen LogP contribution in [0, 0.1) is 0 Å². The molecule has 0 bridgehead atoms. The Kier molecular flexibility index (Phi) is 15.3. The Morgan fingerprint density at radius 1 is 0.950 bits per heavy atom. The van der Waals surface area contributed by atoms with E-state index in [1.165, 1.54) is 38.5 Å². The molecule has 0 radical (unpaired) electrons. The normalized spacial score (nSPS) is 12.3. The van der Waals surface area contributed by atoms with Crippen LogP contribution in [-0.2, 0) is 9.53 Å². The van der Waals surface area contributed by atoms with E-state index in [2.05, 4.69) is 29.8 Å². The quantitative estimate of drug-likeness (QED) is 0.218. The highest BCUT2D eigenvalue weighted by Gasteiger charge is 2.11. The van der Waals surface area contributed by atoms with Crippen molar-refractivity contribution in [1.29, 1.82) is 0 Å². The number of carbonyl (C=O) groups excluding carboxylic acids is 1. The fourth-order valence-corrected chi connectivity index (χ4v) is 2.68. The summed E-state index contributed by atoms with van der Waals surface area (Å²) in [6.45, 7) is 4.35. The summed E-state index contributed by atoms with van der Waals surface area (Å²) >= 11 is 3.40. The summed E-state index contributed by atoms with van der Waals surface area (Å²) in [6.07, 6.45) is 13.7. The third-order valence-electron chi connectivity index (χ3n) is 3.65. The molecule has 0 fully saturated rings. The minimum atomic E-state index is -0.00240. The summed E-state index contributed by atoms with van der Waals surface area (Å²) in [7, 11) is 0. The molecule has 0 aromatic carbocycles. The van der Waals surface area contributed by atoms with E-state index in [1.54, 1.807) is 0 Å². The molecule has 0 aliphatic heterocycles. The highest BCUT2D eigenvalue weighted by molar-refractivity contribution is 9.09. The van der Waals surface area contributed by atoms with E-state index in [-0.39, 0.29) is 12.1 Å². The molecule has 1 atom stereocenters. The summed E-state index contributed by atoms with van der Waals surface area (Å²) in [5, 5.41) is 1.03. The molecule has 1 unspecified atom stereocenters. The van der Waals surface area contributed by atoms with Gasteiger partial charge in [0.15, 0.2) is 0 Å². The van der Waals surface area contributed by atoms with Crippen LogP contribution >= 0.6 is 15.9 Å². The smallest absolute Gasteiger partial charge is 0.306 e. The molecule has 0 aromatic heterocycles. The van der Waals surface area contributed by atoms with Crippen LogP contribution in [-0.4, -0.2) is 17.4 Å². The Morgan fingerprint density at radius 2 is 1.60 bits per heavy atom. The summed E-state index contributed by atoms with van der Waals surface area (Å²) in [6, 6.07) is 0. The number of halogens is 1. The van der Waals surface area contributed by atoms with Crippen molar-refractivity contribution in [3.8, 4) is 0 Å². The first-order chi connectivity index (χ1) is 9.74. The molecule has 0 aromatic rings. The summed E-state index contributed by atoms with van der Waals surface area (Å²) in [4.78, 5) is 11.7. The van der Waals surface area contributed by atoms with Crippen molar-refractivity contribution in [1.82, 2.24) is 0 Å². The molecule has 20 heavy (non-hydrogen) atoms. The fraction of sp³-hybridized carbons (Fsp3) is 0.941. The first-order valence-electron chi connectivity index (χ1n) is 8.50. The minimum Gasteiger partial charge on any atom is -0.462 e. The SMILES string of the molecule is CCCCCCCCC(CC)OC(=O)CCCCCBr. The maximum absolute atomic E-state index is 11.7. The monoisotopic (exact) mass is 348 g/mol. The van der Waals surface area contributed by atoms with Crippen LogP contribution in [0.15, 0.2) is 0 Å². The molecule has 0 amide bonds. The highest BCUT2D eigenvalue weighted by atomic mass is 79.9. The zero-order valence-corrected chi connectivity index (χ0v) is 15.1. The van der Waals surface area contributed by atoms with E-state index >= 15 is 0 Å². The summed E-state index contributed by atoms with van der Waals surface area (Å²) in [5.74, 6) is -0.00240. The molecule has 0 N–H and O–H groups in total. The Hall–Kier alpha value is -0.0500. The van der Waals surface area contributed by atoms with Gasteiger partial charge in [-0.1, -0.05) is 68.3 Å². The topological polar surface area (TPSA) is 26.3 Å². The standard InChI is InChI=1S/C17H33BrO2/c1-3-5-6-7-8-10-13-16(4-2)20-17(19)14-11-9-12-15-18/h16H,3-15H2,1-2H3. The molecule has 0 saturated heterocycles. The molecule has 0 saturated carbocycles. The minimum absolute atomic E-state index is 0.00240. The van der Waals surface area contributed by atoms with Gasteiger partial charge in [0.2, 0.25) is 0 Å². The Labute approximate surface area is 134 Å². The number of ether oxygens (including phenoxy) is 1. The van der Waals surface area contributed by atoms with E-state index in [4.69, 9.17) is 4.74 Å². The van der Waals surface area contributed by atoms with Gasteiger partial charge in [0.05, 0.1) is 0 Å². The molecule has 0 rings (SSSR count). The number of carbonyl (C=O) groups is 1. The van der Waals surface area contributed by atoms with Crippen LogP contribution in [0.4, 0.5) is 0 Å². The lowest BCUT2D eigenvalue weighted by Crippen LogP contribution is -2.17. The van der Waals surface area contributed by atoms with Crippen LogP contribution in [0.3, 0.4) is 0 Å². The van der Waals surface area contributed by atoms with E-state index in [9.17, 15) is 4.79 Å². The van der Waals surface area contributed by atoms with Gasteiger partial charge in [0.25, 0.3) is 0 Å². The molecule has 2 nitrogen and oxygen atoms in total. The predicted octanol–water partition coefficient (Wildman–Crippen LogP) is 6.01. The van der Waals surface area contributed by atoms with E-state index in [0.29, 0.717) is 6.42 Å². The zero-order valence-electron chi connectivity index (χ0n) is 13.5. The second kappa shape index (κ2) is 15.3. The van der Waals surface area contributed by atoms with E-state index < -0.39 is 0 Å². The molecular weight excluding hydrogens is 316 g/mol. The second-order valence-corrected chi connectivity index (χ2v) is 6.37. The zero-order chi connectivity index (χ0) is 15.1. The van der Waals surface area contributed by atoms with Gasteiger partial charge >= 0.3 is 5.97 Å². The lowest BCUT2D eigenvalue weighted by atomic mass is 10.1. The summed E-state index contributed by atoms with van der Waals surface area (Å²) < 4.78 is 5.56. The third-order valence-corrected chi connectivity index (χ3v) is 4.21. The third kappa shape index (κ3) is 13.0. The van der Waals surface area contributed by atoms with Crippen LogP contribution in [0.25, 0.3) is 0 Å². The highest BCUT2D eigenvalue weighted by Crippen LogP contribution is 2.14. The lowest BCUT2D eigenvalue weighted by molar-refractivity contribution is -0.149. The van der Waals surface area contributed by atoms with Crippen LogP contribution in [0.5, 0.6) is 0 Å². The number of esters is 1. The van der Waals surface area contributed by atoms with Crippen molar-refractivity contribution in [2.24, 2.45) is 0 Å². The molecule has 0 aliphatic carbocycles. The second-order valence-electron chi connectivity index (χ2n) is 5.58. The molecule has 0 spiro atoms. The van der Waals surface area contributed by atoms with E-state index in [1.807, 2.05) is 0 Å². The van der Waals surface area contributed by atoms with Gasteiger partial charge in [-0.25, -0.2) is 0 Å². The van der Waals surface area contributed by atoms with Crippen molar-refractivity contribution >= 4 is 21.9 Å². The van der Waals surface area contributed by atoms with Gasteiger partial charge in [-0.3, -0.25) is 4.79 Å². The number of rotatable bonds is 14. The van der Waals surface area contributed by atoms with Crippen LogP contribution < -0.4 is 0 Å². The van der Waals surface area contributed by atoms with Gasteiger partial charge in [-0.2, -0.15) is 0 Å². The van der Waals surface area contributed by atoms with Gasteiger partial charge in [0, 0.05) is 11.8 Å². The number of unbranched alkanes of at least 4 members (excludes halogenated alkanes) is 7. The molecule has 3 heteroatoms. The number of hydrogen-bond donors (Lipinski definition) is 0. The molecular formula is C17H33BrO2. The molecule has 0 heterocycles. The van der Waals surface area contributed by atoms with Gasteiger partial charge < -0.3 is 4.74 Å². The van der Waals surface area contributed by atoms with Crippen molar-refractivity contribution in [2.45, 2.75) is 97.0 Å². The van der Waals surface area contributed by atoms with Crippen molar-refractivity contribution in [3.05, 3.63) is 0 Å². The maximum atomic E-state index is 11.7. The Bertz CT molecular complexity index is 219. The molecule has 0 aliphatic rings. The van der Waals surface area contributed by atoms with Gasteiger partial charge in [-0.05, 0) is 32.1 Å². The van der Waals surface area contributed by atoms with Crippen molar-refractivity contribution in [3.63, 3.8) is 0 Å². The van der Waals surface area contributed by atoms with Crippen LogP contribution in [0.1, 0.15) is 90.9 Å². The molecule has 120 valence electrons. The first-order valence-corrected chi connectivity index (χ1v) is 9.62. The average molecular weight is 349 g/mol. The first kappa shape index (κ1) is 19.9. The Morgan fingerprint density at radius 3 is 2.25 bits per heavy atom. The van der Waals surface area contributed by atoms with Crippen molar-refractivity contribution < 1.29 is 9.53 Å². The van der Waals surface area contributed by atoms with Gasteiger partial charge in [0.1, 0.15) is 6.10 Å². The summed E-state index contributed by atoms with van der Waals surface area (Å²) in [5.41, 5.74) is 0. The number of alkyl halides is 1. The van der Waals surface area contributed by atoms with Crippen molar-refractivity contribution in [2.75, 3.05) is 5.33 Å². The maximum Gasteiger partial charge on any atom is 0.306 e. The Balaban J connectivity index is 3.56. The average Bonchev–Trinajstić information content (AvgIpc) is 2.46. The number of hydrogen-bond acceptors (Lipinski definition) is 2. The lowest BCUT2D eigenvalue weighted by Gasteiger charge is -2.16. The van der Waals surface area contributed by atoms with Crippen LogP contribution in [0.2, 0.25) is 0 Å². The predicted molar refractivity (Wildman–Crippen MR) is 90.4 cm³/mol.